The van der Waals surface area contributed by atoms with Gasteiger partial charge in [0.05, 0.1) is 23.6 Å². The molecule has 1 fully saturated rings. The van der Waals surface area contributed by atoms with Crippen LogP contribution < -0.4 is 20.5 Å². The molecule has 1 unspecified atom stereocenters. The van der Waals surface area contributed by atoms with Crippen molar-refractivity contribution in [1.29, 1.82) is 0 Å². The molecular formula is C28H23F3N4O6S. The van der Waals surface area contributed by atoms with E-state index < -0.39 is 35.5 Å². The van der Waals surface area contributed by atoms with E-state index in [1.807, 2.05) is 19.1 Å². The normalized spacial score (nSPS) is 15.2. The Morgan fingerprint density at radius 1 is 1.07 bits per heavy atom. The van der Waals surface area contributed by atoms with Gasteiger partial charge in [-0.1, -0.05) is 17.7 Å². The smallest absolute Gasteiger partial charge is 0.461 e. The van der Waals surface area contributed by atoms with Crippen LogP contribution >= 0.6 is 11.3 Å². The molecule has 0 saturated carbocycles. The molecule has 1 N–H and O–H groups in total. The Hall–Kier alpha value is -4.72. The van der Waals surface area contributed by atoms with Gasteiger partial charge >= 0.3 is 12.3 Å². The van der Waals surface area contributed by atoms with Gasteiger partial charge in [0, 0.05) is 29.4 Å². The summed E-state index contributed by atoms with van der Waals surface area (Å²) in [6.07, 6.45) is -4.94. The van der Waals surface area contributed by atoms with Crippen molar-refractivity contribution in [3.8, 4) is 11.4 Å². The maximum Gasteiger partial charge on any atom is 0.573 e. The Balaban J connectivity index is 1.48. The molecule has 4 aromatic rings. The Morgan fingerprint density at radius 3 is 2.38 bits per heavy atom. The number of fused-ring (bicyclic) bond motifs is 1. The average Bonchev–Trinajstić information content (AvgIpc) is 3.53. The van der Waals surface area contributed by atoms with Gasteiger partial charge in [0.1, 0.15) is 10.8 Å². The summed E-state index contributed by atoms with van der Waals surface area (Å²) in [6.45, 7) is 3.67. The Bertz CT molecular complexity index is 1730. The molecule has 2 amide bonds. The van der Waals surface area contributed by atoms with Crippen molar-refractivity contribution in [2.45, 2.75) is 26.6 Å². The van der Waals surface area contributed by atoms with Crippen LogP contribution in [-0.4, -0.2) is 47.1 Å². The van der Waals surface area contributed by atoms with Crippen LogP contribution in [-0.2, 0) is 14.3 Å². The Kier molecular flexibility index (Phi) is 7.73. The molecule has 0 radical (unpaired) electrons. The minimum atomic E-state index is -4.91. The number of nitrogens with one attached hydrogen (secondary N) is 1. The number of carbonyl (C=O) groups excluding carboxylic acids is 3. The van der Waals surface area contributed by atoms with Crippen LogP contribution in [0, 0.1) is 12.8 Å². The second-order valence-corrected chi connectivity index (χ2v) is 10.3. The third kappa shape index (κ3) is 5.84. The minimum absolute atomic E-state index is 0.0194. The van der Waals surface area contributed by atoms with E-state index in [4.69, 9.17) is 4.74 Å². The van der Waals surface area contributed by atoms with E-state index in [9.17, 15) is 32.3 Å². The van der Waals surface area contributed by atoms with Crippen LogP contribution in [0.5, 0.6) is 5.75 Å². The molecule has 5 rings (SSSR count). The second-order valence-electron chi connectivity index (χ2n) is 9.41. The van der Waals surface area contributed by atoms with Gasteiger partial charge in [-0.2, -0.15) is 9.78 Å². The first-order chi connectivity index (χ1) is 19.9. The lowest BCUT2D eigenvalue weighted by Gasteiger charge is -2.17. The zero-order valence-electron chi connectivity index (χ0n) is 22.2. The highest BCUT2D eigenvalue weighted by atomic mass is 32.1. The fourth-order valence-corrected chi connectivity index (χ4v) is 5.47. The van der Waals surface area contributed by atoms with E-state index in [2.05, 4.69) is 15.2 Å². The number of nitrogens with zero attached hydrogens (tertiary/aromatic N) is 3. The van der Waals surface area contributed by atoms with Crippen LogP contribution in [0.1, 0.15) is 29.4 Å². The Labute approximate surface area is 240 Å². The first-order valence-electron chi connectivity index (χ1n) is 12.7. The first kappa shape index (κ1) is 28.8. The summed E-state index contributed by atoms with van der Waals surface area (Å²) in [7, 11) is 0. The van der Waals surface area contributed by atoms with E-state index in [0.29, 0.717) is 5.69 Å². The van der Waals surface area contributed by atoms with Crippen LogP contribution in [0.25, 0.3) is 16.5 Å². The number of benzene rings is 2. The topological polar surface area (TPSA) is 120 Å². The maximum atomic E-state index is 13.6. The van der Waals surface area contributed by atoms with Gasteiger partial charge in [0.25, 0.3) is 5.56 Å². The summed E-state index contributed by atoms with van der Waals surface area (Å²) < 4.78 is 47.6. The number of amides is 2. The largest absolute Gasteiger partial charge is 0.573 e. The van der Waals surface area contributed by atoms with Crippen molar-refractivity contribution >= 4 is 50.6 Å². The molecule has 0 bridgehead atoms. The monoisotopic (exact) mass is 600 g/mol. The van der Waals surface area contributed by atoms with Crippen molar-refractivity contribution in [2.75, 3.05) is 23.4 Å². The van der Waals surface area contributed by atoms with Crippen LogP contribution in [0.2, 0.25) is 0 Å². The van der Waals surface area contributed by atoms with E-state index in [-0.39, 0.29) is 52.6 Å². The number of ether oxygens (including phenoxy) is 2. The molecule has 218 valence electrons. The van der Waals surface area contributed by atoms with Gasteiger partial charge < -0.3 is 19.7 Å². The number of thiophene rings is 1. The second kappa shape index (κ2) is 11.3. The van der Waals surface area contributed by atoms with Crippen LogP contribution in [0.15, 0.2) is 58.7 Å². The molecule has 1 saturated heterocycles. The molecule has 1 aliphatic heterocycles. The number of aromatic nitrogens is 2. The standard InChI is InChI=1S/C28H23F3N4O6S/c1-3-40-27(39)23-20-14-42-25(32-24(37)16-12-21(36)34(13-16)17-6-4-15(2)5-7-17)22(20)26(38)35(33-23)18-8-10-19(11-9-18)41-28(29,30)31/h4-11,14,16H,3,12-13H2,1-2H3,(H,32,37). The number of esters is 1. The number of alkyl halides is 3. The van der Waals surface area contributed by atoms with Gasteiger partial charge in [0.15, 0.2) is 5.69 Å². The molecule has 10 nitrogen and oxygen atoms in total. The molecule has 3 heterocycles. The van der Waals surface area contributed by atoms with Gasteiger partial charge in [-0.15, -0.1) is 24.5 Å². The van der Waals surface area contributed by atoms with Gasteiger partial charge in [-0.25, -0.2) is 4.79 Å². The summed E-state index contributed by atoms with van der Waals surface area (Å²) in [5.74, 6) is -2.76. The molecule has 1 atom stereocenters. The fourth-order valence-electron chi connectivity index (χ4n) is 4.53. The summed E-state index contributed by atoms with van der Waals surface area (Å²) in [5.41, 5.74) is 0.781. The average molecular weight is 601 g/mol. The van der Waals surface area contributed by atoms with Crippen LogP contribution in [0.3, 0.4) is 0 Å². The van der Waals surface area contributed by atoms with Gasteiger partial charge in [0.2, 0.25) is 11.8 Å². The summed E-state index contributed by atoms with van der Waals surface area (Å²) in [6, 6.07) is 11.7. The van der Waals surface area contributed by atoms with E-state index in [0.717, 1.165) is 33.7 Å². The summed E-state index contributed by atoms with van der Waals surface area (Å²) in [5, 5.41) is 8.56. The molecule has 0 aliphatic carbocycles. The number of hydrogen-bond acceptors (Lipinski definition) is 8. The first-order valence-corrected chi connectivity index (χ1v) is 13.6. The predicted octanol–water partition coefficient (Wildman–Crippen LogP) is 4.82. The number of hydrogen-bond donors (Lipinski definition) is 1. The molecule has 14 heteroatoms. The maximum absolute atomic E-state index is 13.6. The SMILES string of the molecule is CCOC(=O)c1nn(-c2ccc(OC(F)(F)F)cc2)c(=O)c2c(NC(=O)C3CC(=O)N(c4ccc(C)cc4)C3)scc12. The van der Waals surface area contributed by atoms with E-state index in [1.165, 1.54) is 22.4 Å². The van der Waals surface area contributed by atoms with Gasteiger partial charge in [-0.3, -0.25) is 14.4 Å². The third-order valence-corrected chi connectivity index (χ3v) is 7.41. The lowest BCUT2D eigenvalue weighted by Crippen LogP contribution is -2.29. The summed E-state index contributed by atoms with van der Waals surface area (Å²) in [4.78, 5) is 53.9. The van der Waals surface area contributed by atoms with Crippen molar-refractivity contribution < 1.29 is 37.0 Å². The zero-order chi connectivity index (χ0) is 30.2. The van der Waals surface area contributed by atoms with Crippen molar-refractivity contribution in [3.63, 3.8) is 0 Å². The Morgan fingerprint density at radius 2 is 1.74 bits per heavy atom. The highest BCUT2D eigenvalue weighted by Gasteiger charge is 2.36. The van der Waals surface area contributed by atoms with Crippen LogP contribution in [0.4, 0.5) is 23.9 Å². The fraction of sp³-hybridized carbons (Fsp3) is 0.250. The third-order valence-electron chi connectivity index (χ3n) is 6.51. The summed E-state index contributed by atoms with van der Waals surface area (Å²) >= 11 is 0.989. The van der Waals surface area contributed by atoms with Crippen molar-refractivity contribution in [1.82, 2.24) is 9.78 Å². The highest BCUT2D eigenvalue weighted by Crippen LogP contribution is 2.33. The predicted molar refractivity (Wildman–Crippen MR) is 148 cm³/mol. The molecular weight excluding hydrogens is 577 g/mol. The lowest BCUT2D eigenvalue weighted by molar-refractivity contribution is -0.274. The lowest BCUT2D eigenvalue weighted by atomic mass is 10.1. The van der Waals surface area contributed by atoms with Crippen molar-refractivity contribution in [2.24, 2.45) is 5.92 Å². The molecule has 2 aromatic carbocycles. The van der Waals surface area contributed by atoms with E-state index in [1.54, 1.807) is 19.1 Å². The highest BCUT2D eigenvalue weighted by molar-refractivity contribution is 7.16. The number of halogens is 3. The zero-order valence-corrected chi connectivity index (χ0v) is 23.0. The molecule has 0 spiro atoms. The van der Waals surface area contributed by atoms with Crippen molar-refractivity contribution in [3.05, 3.63) is 75.5 Å². The molecule has 42 heavy (non-hydrogen) atoms. The van der Waals surface area contributed by atoms with Gasteiger partial charge in [-0.05, 0) is 50.2 Å². The minimum Gasteiger partial charge on any atom is -0.461 e. The van der Waals surface area contributed by atoms with E-state index >= 15 is 0 Å². The molecule has 1 aliphatic rings. The number of aryl methyl sites for hydroxylation is 1. The quantitative estimate of drug-likeness (QED) is 0.302. The number of anilines is 2. The molecule has 2 aromatic heterocycles. The number of carbonyl (C=O) groups is 3. The number of rotatable bonds is 7.